The van der Waals surface area contributed by atoms with Gasteiger partial charge in [0, 0.05) is 13.2 Å². The van der Waals surface area contributed by atoms with Crippen LogP contribution in [0.2, 0.25) is 0 Å². The lowest BCUT2D eigenvalue weighted by Crippen LogP contribution is -2.44. The van der Waals surface area contributed by atoms with Crippen molar-refractivity contribution >= 4 is 16.7 Å². The standard InChI is InChI=1S/C21H26N4/c1-5-7-11-16(22-6-2)18-14-10-15-20(24(18)3)21-23-17-12-8-9-13-19(17)25(21)4/h5-9,11-13,18,20H,1-2,10,14-15H2,3-4H3/b11-7-,22-16?/t18-,20+/m0/s1. The molecule has 0 N–H and O–H groups in total. The first-order valence-corrected chi connectivity index (χ1v) is 8.78. The summed E-state index contributed by atoms with van der Waals surface area (Å²) >= 11 is 0. The molecule has 0 bridgehead atoms. The first kappa shape index (κ1) is 17.4. The zero-order valence-electron chi connectivity index (χ0n) is 15.1. The fourth-order valence-corrected chi connectivity index (χ4v) is 3.77. The van der Waals surface area contributed by atoms with Crippen LogP contribution < -0.4 is 0 Å². The van der Waals surface area contributed by atoms with Gasteiger partial charge in [-0.3, -0.25) is 9.89 Å². The minimum atomic E-state index is 0.257. The van der Waals surface area contributed by atoms with E-state index in [1.165, 1.54) is 5.52 Å². The average Bonchev–Trinajstić information content (AvgIpc) is 2.96. The number of hydrogen-bond donors (Lipinski definition) is 0. The predicted octanol–water partition coefficient (Wildman–Crippen LogP) is 4.43. The number of nitrogens with zero attached hydrogens (tertiary/aromatic N) is 4. The number of aliphatic imine (C=N–C) groups is 1. The molecule has 4 heteroatoms. The van der Waals surface area contributed by atoms with Gasteiger partial charge in [-0.2, -0.15) is 0 Å². The van der Waals surface area contributed by atoms with Crippen molar-refractivity contribution in [2.45, 2.75) is 31.3 Å². The fourth-order valence-electron chi connectivity index (χ4n) is 3.77. The van der Waals surface area contributed by atoms with Crippen LogP contribution in [0.3, 0.4) is 0 Å². The molecule has 2 heterocycles. The Morgan fingerprint density at radius 1 is 1.24 bits per heavy atom. The summed E-state index contributed by atoms with van der Waals surface area (Å²) in [6.45, 7) is 7.53. The van der Waals surface area contributed by atoms with E-state index in [-0.39, 0.29) is 12.1 Å². The van der Waals surface area contributed by atoms with Gasteiger partial charge in [0.25, 0.3) is 0 Å². The van der Waals surface area contributed by atoms with Crippen LogP contribution in [-0.4, -0.2) is 33.3 Å². The van der Waals surface area contributed by atoms with Crippen LogP contribution in [0.25, 0.3) is 11.0 Å². The molecule has 0 spiro atoms. The van der Waals surface area contributed by atoms with Crippen molar-refractivity contribution in [1.82, 2.24) is 14.5 Å². The Kier molecular flexibility index (Phi) is 5.29. The molecule has 3 rings (SSSR count). The highest BCUT2D eigenvalue weighted by molar-refractivity contribution is 6.00. The summed E-state index contributed by atoms with van der Waals surface area (Å²) in [7, 11) is 4.28. The van der Waals surface area contributed by atoms with Crippen LogP contribution in [0.5, 0.6) is 0 Å². The number of aryl methyl sites for hydroxylation is 1. The molecule has 0 unspecified atom stereocenters. The number of likely N-dealkylation sites (tertiary alicyclic amines) is 1. The summed E-state index contributed by atoms with van der Waals surface area (Å²) in [4.78, 5) is 11.8. The molecule has 0 amide bonds. The number of imidazole rings is 1. The van der Waals surface area contributed by atoms with Gasteiger partial charge in [-0.15, -0.1) is 0 Å². The quantitative estimate of drug-likeness (QED) is 0.599. The molecule has 25 heavy (non-hydrogen) atoms. The average molecular weight is 334 g/mol. The van der Waals surface area contributed by atoms with E-state index >= 15 is 0 Å². The molecule has 4 nitrogen and oxygen atoms in total. The van der Waals surface area contributed by atoms with Gasteiger partial charge in [-0.1, -0.05) is 37.4 Å². The predicted molar refractivity (Wildman–Crippen MR) is 106 cm³/mol. The summed E-state index contributed by atoms with van der Waals surface area (Å²) in [6, 6.07) is 8.86. The van der Waals surface area contributed by atoms with Crippen molar-refractivity contribution in [3.8, 4) is 0 Å². The molecule has 0 aliphatic carbocycles. The van der Waals surface area contributed by atoms with Crippen molar-refractivity contribution < 1.29 is 0 Å². The molecule has 1 aromatic carbocycles. The van der Waals surface area contributed by atoms with Crippen LogP contribution in [0.15, 0.2) is 66.8 Å². The Hall–Kier alpha value is -2.46. The molecule has 130 valence electrons. The van der Waals surface area contributed by atoms with E-state index in [0.717, 1.165) is 36.3 Å². The summed E-state index contributed by atoms with van der Waals surface area (Å²) < 4.78 is 2.22. The lowest BCUT2D eigenvalue weighted by molar-refractivity contribution is 0.146. The van der Waals surface area contributed by atoms with Crippen LogP contribution in [-0.2, 0) is 7.05 Å². The van der Waals surface area contributed by atoms with Gasteiger partial charge in [0.05, 0.1) is 28.8 Å². The molecule has 1 aliphatic rings. The molecule has 0 radical (unpaired) electrons. The Bertz CT molecular complexity index is 828. The monoisotopic (exact) mass is 334 g/mol. The van der Waals surface area contributed by atoms with Gasteiger partial charge in [-0.05, 0) is 44.5 Å². The van der Waals surface area contributed by atoms with E-state index in [2.05, 4.69) is 59.9 Å². The molecular formula is C21H26N4. The molecule has 1 aliphatic heterocycles. The number of aromatic nitrogens is 2. The maximum atomic E-state index is 4.92. The second kappa shape index (κ2) is 7.62. The highest BCUT2D eigenvalue weighted by Crippen LogP contribution is 2.34. The molecule has 1 aromatic heterocycles. The Morgan fingerprint density at radius 3 is 2.76 bits per heavy atom. The SMILES string of the molecule is C=C/C=C\C(=NC=C)[C@@H]1CCC[C@H](c2nc3ccccc3n2C)N1C. The van der Waals surface area contributed by atoms with E-state index in [1.807, 2.05) is 18.2 Å². The van der Waals surface area contributed by atoms with Crippen molar-refractivity contribution in [2.24, 2.45) is 12.0 Å². The zero-order chi connectivity index (χ0) is 17.8. The minimum absolute atomic E-state index is 0.257. The molecular weight excluding hydrogens is 308 g/mol. The van der Waals surface area contributed by atoms with Gasteiger partial charge >= 0.3 is 0 Å². The Morgan fingerprint density at radius 2 is 2.04 bits per heavy atom. The highest BCUT2D eigenvalue weighted by Gasteiger charge is 2.33. The van der Waals surface area contributed by atoms with Crippen molar-refractivity contribution in [3.05, 3.63) is 67.7 Å². The Balaban J connectivity index is 1.96. The van der Waals surface area contributed by atoms with Crippen LogP contribution in [0.4, 0.5) is 0 Å². The third-order valence-electron chi connectivity index (χ3n) is 5.04. The van der Waals surface area contributed by atoms with Gasteiger partial charge in [0.2, 0.25) is 0 Å². The first-order valence-electron chi connectivity index (χ1n) is 8.78. The summed E-state index contributed by atoms with van der Waals surface area (Å²) in [6.07, 6.45) is 10.7. The highest BCUT2D eigenvalue weighted by atomic mass is 15.2. The smallest absolute Gasteiger partial charge is 0.127 e. The second-order valence-electron chi connectivity index (χ2n) is 6.48. The maximum absolute atomic E-state index is 4.92. The first-order chi connectivity index (χ1) is 12.2. The summed E-state index contributed by atoms with van der Waals surface area (Å²) in [5.74, 6) is 1.12. The topological polar surface area (TPSA) is 33.4 Å². The van der Waals surface area contributed by atoms with Gasteiger partial charge < -0.3 is 4.57 Å². The van der Waals surface area contributed by atoms with Crippen molar-refractivity contribution in [2.75, 3.05) is 7.05 Å². The van der Waals surface area contributed by atoms with Gasteiger partial charge in [0.15, 0.2) is 0 Å². The maximum Gasteiger partial charge on any atom is 0.127 e. The van der Waals surface area contributed by atoms with E-state index in [9.17, 15) is 0 Å². The van der Waals surface area contributed by atoms with E-state index in [1.54, 1.807) is 12.3 Å². The van der Waals surface area contributed by atoms with Crippen LogP contribution >= 0.6 is 0 Å². The van der Waals surface area contributed by atoms with Gasteiger partial charge in [0.1, 0.15) is 5.82 Å². The van der Waals surface area contributed by atoms with Crippen LogP contribution in [0, 0.1) is 0 Å². The van der Waals surface area contributed by atoms with E-state index in [0.29, 0.717) is 0 Å². The molecule has 1 saturated heterocycles. The zero-order valence-corrected chi connectivity index (χ0v) is 15.1. The normalized spacial score (nSPS) is 22.6. The third kappa shape index (κ3) is 3.35. The lowest BCUT2D eigenvalue weighted by Gasteiger charge is -2.39. The summed E-state index contributed by atoms with van der Waals surface area (Å²) in [5, 5.41) is 0. The fraction of sp³-hybridized carbons (Fsp3) is 0.333. The number of rotatable bonds is 5. The minimum Gasteiger partial charge on any atom is -0.330 e. The largest absolute Gasteiger partial charge is 0.330 e. The lowest BCUT2D eigenvalue weighted by atomic mass is 9.92. The number of allylic oxidation sites excluding steroid dienone is 2. The second-order valence-corrected chi connectivity index (χ2v) is 6.48. The molecule has 1 fully saturated rings. The number of piperidine rings is 1. The van der Waals surface area contributed by atoms with Crippen molar-refractivity contribution in [1.29, 1.82) is 0 Å². The third-order valence-corrected chi connectivity index (χ3v) is 5.04. The Labute approximate surface area is 149 Å². The molecule has 2 aromatic rings. The van der Waals surface area contributed by atoms with E-state index < -0.39 is 0 Å². The number of benzene rings is 1. The van der Waals surface area contributed by atoms with E-state index in [4.69, 9.17) is 4.98 Å². The summed E-state index contributed by atoms with van der Waals surface area (Å²) in [5.41, 5.74) is 3.27. The number of fused-ring (bicyclic) bond motifs is 1. The van der Waals surface area contributed by atoms with Crippen molar-refractivity contribution in [3.63, 3.8) is 0 Å². The van der Waals surface area contributed by atoms with Crippen LogP contribution in [0.1, 0.15) is 31.1 Å². The number of hydrogen-bond acceptors (Lipinski definition) is 3. The molecule has 2 atom stereocenters. The number of para-hydroxylation sites is 2. The molecule has 0 saturated carbocycles. The van der Waals surface area contributed by atoms with Gasteiger partial charge in [-0.25, -0.2) is 4.98 Å².